The molecule has 4 heterocycles. The van der Waals surface area contributed by atoms with E-state index in [1.165, 1.54) is 15.8 Å². The Kier molecular flexibility index (Phi) is 6.36. The van der Waals surface area contributed by atoms with Crippen LogP contribution in [0.25, 0.3) is 21.3 Å². The number of carbonyl (C=O) groups is 1. The first-order valence-corrected chi connectivity index (χ1v) is 12.9. The summed E-state index contributed by atoms with van der Waals surface area (Å²) in [7, 11) is 0. The van der Waals surface area contributed by atoms with E-state index in [0.717, 1.165) is 66.4 Å². The molecule has 0 radical (unpaired) electrons. The number of aryl methyl sites for hydroxylation is 2. The molecule has 1 aliphatic rings. The van der Waals surface area contributed by atoms with Gasteiger partial charge in [0.2, 0.25) is 5.91 Å². The van der Waals surface area contributed by atoms with Crippen LogP contribution in [0.15, 0.2) is 30.5 Å². The fraction of sp³-hybridized carbons (Fsp3) is 0.462. The summed E-state index contributed by atoms with van der Waals surface area (Å²) in [6.07, 6.45) is 3.15. The number of thiazole rings is 1. The Morgan fingerprint density at radius 1 is 1.09 bits per heavy atom. The Morgan fingerprint density at radius 3 is 2.59 bits per heavy atom. The molecule has 1 aliphatic heterocycles. The van der Waals surface area contributed by atoms with Gasteiger partial charge in [-0.3, -0.25) is 9.69 Å². The van der Waals surface area contributed by atoms with Crippen LogP contribution in [0.4, 0.5) is 0 Å². The number of aromatic nitrogens is 4. The van der Waals surface area contributed by atoms with Crippen molar-refractivity contribution in [2.24, 2.45) is 0 Å². The molecule has 3 aromatic heterocycles. The highest BCUT2D eigenvalue weighted by Crippen LogP contribution is 2.26. The normalized spacial score (nSPS) is 15.1. The third-order valence-electron chi connectivity index (χ3n) is 6.84. The predicted octanol–water partition coefficient (Wildman–Crippen LogP) is 4.52. The summed E-state index contributed by atoms with van der Waals surface area (Å²) in [5.41, 5.74) is 5.39. The number of para-hydroxylation sites is 1. The van der Waals surface area contributed by atoms with Crippen molar-refractivity contribution in [2.45, 2.75) is 53.1 Å². The first-order valence-electron chi connectivity index (χ1n) is 12.1. The van der Waals surface area contributed by atoms with Gasteiger partial charge in [0.1, 0.15) is 5.01 Å². The molecular weight excluding hydrogens is 444 g/mol. The summed E-state index contributed by atoms with van der Waals surface area (Å²) in [6, 6.07) is 8.56. The van der Waals surface area contributed by atoms with Gasteiger partial charge in [0.15, 0.2) is 5.65 Å². The smallest absolute Gasteiger partial charge is 0.222 e. The van der Waals surface area contributed by atoms with E-state index in [0.29, 0.717) is 6.42 Å². The molecule has 178 valence electrons. The first kappa shape index (κ1) is 22.9. The summed E-state index contributed by atoms with van der Waals surface area (Å²) >= 11 is 1.76. The zero-order valence-corrected chi connectivity index (χ0v) is 21.2. The number of piperazine rings is 1. The molecular formula is C26H32N6OS. The van der Waals surface area contributed by atoms with Crippen LogP contribution in [-0.4, -0.2) is 61.6 Å². The molecule has 0 spiro atoms. The number of pyridine rings is 1. The molecule has 0 bridgehead atoms. The van der Waals surface area contributed by atoms with E-state index in [4.69, 9.17) is 9.97 Å². The Hall–Kier alpha value is -2.84. The Labute approximate surface area is 204 Å². The fourth-order valence-corrected chi connectivity index (χ4v) is 5.87. The average Bonchev–Trinajstić information content (AvgIpc) is 3.43. The molecule has 7 nitrogen and oxygen atoms in total. The van der Waals surface area contributed by atoms with Gasteiger partial charge in [-0.05, 0) is 57.4 Å². The predicted molar refractivity (Wildman–Crippen MR) is 137 cm³/mol. The van der Waals surface area contributed by atoms with Gasteiger partial charge in [-0.25, -0.2) is 14.6 Å². The highest BCUT2D eigenvalue weighted by molar-refractivity contribution is 7.18. The minimum Gasteiger partial charge on any atom is -0.340 e. The van der Waals surface area contributed by atoms with Crippen LogP contribution >= 0.6 is 11.3 Å². The highest BCUT2D eigenvalue weighted by atomic mass is 32.1. The summed E-state index contributed by atoms with van der Waals surface area (Å²) < 4.78 is 3.21. The van der Waals surface area contributed by atoms with Crippen molar-refractivity contribution in [3.05, 3.63) is 52.3 Å². The second-order valence-electron chi connectivity index (χ2n) is 9.45. The maximum atomic E-state index is 13.0. The van der Waals surface area contributed by atoms with Crippen LogP contribution in [0.3, 0.4) is 0 Å². The molecule has 0 aliphatic carbocycles. The molecule has 1 aromatic carbocycles. The van der Waals surface area contributed by atoms with Crippen LogP contribution in [0, 0.1) is 13.8 Å². The van der Waals surface area contributed by atoms with E-state index >= 15 is 0 Å². The number of hydrogen-bond acceptors (Lipinski definition) is 6. The summed E-state index contributed by atoms with van der Waals surface area (Å²) in [6.45, 7) is 12.6. The minimum atomic E-state index is 0.233. The lowest BCUT2D eigenvalue weighted by Gasteiger charge is -2.34. The average molecular weight is 477 g/mol. The zero-order valence-electron chi connectivity index (χ0n) is 20.4. The van der Waals surface area contributed by atoms with Crippen LogP contribution in [-0.2, 0) is 17.8 Å². The van der Waals surface area contributed by atoms with E-state index in [1.54, 1.807) is 11.3 Å². The summed E-state index contributed by atoms with van der Waals surface area (Å²) in [4.78, 5) is 27.0. The van der Waals surface area contributed by atoms with Gasteiger partial charge >= 0.3 is 0 Å². The molecule has 5 rings (SSSR count). The van der Waals surface area contributed by atoms with Crippen molar-refractivity contribution in [1.82, 2.24) is 29.5 Å². The van der Waals surface area contributed by atoms with Gasteiger partial charge in [0, 0.05) is 49.7 Å². The molecule has 1 saturated heterocycles. The lowest BCUT2D eigenvalue weighted by Crippen LogP contribution is -2.48. The van der Waals surface area contributed by atoms with Crippen LogP contribution in [0.5, 0.6) is 0 Å². The molecule has 4 aromatic rings. The van der Waals surface area contributed by atoms with E-state index in [9.17, 15) is 4.79 Å². The molecule has 8 heteroatoms. The van der Waals surface area contributed by atoms with Crippen molar-refractivity contribution in [3.8, 4) is 0 Å². The van der Waals surface area contributed by atoms with Crippen molar-refractivity contribution in [1.29, 1.82) is 0 Å². The minimum absolute atomic E-state index is 0.233. The van der Waals surface area contributed by atoms with Crippen molar-refractivity contribution in [3.63, 3.8) is 0 Å². The number of amides is 1. The lowest BCUT2D eigenvalue weighted by molar-refractivity contribution is -0.133. The van der Waals surface area contributed by atoms with Gasteiger partial charge in [-0.15, -0.1) is 11.3 Å². The summed E-state index contributed by atoms with van der Waals surface area (Å²) in [5.74, 6) is 0.233. The van der Waals surface area contributed by atoms with Gasteiger partial charge in [-0.2, -0.15) is 5.10 Å². The maximum Gasteiger partial charge on any atom is 0.222 e. The van der Waals surface area contributed by atoms with Gasteiger partial charge in [-0.1, -0.05) is 12.1 Å². The second-order valence-corrected chi connectivity index (χ2v) is 10.6. The molecule has 0 N–H and O–H groups in total. The second kappa shape index (κ2) is 9.43. The third-order valence-corrected chi connectivity index (χ3v) is 7.86. The first-order chi connectivity index (χ1) is 16.4. The quantitative estimate of drug-likeness (QED) is 0.409. The number of nitrogens with zero attached hydrogens (tertiary/aromatic N) is 6. The lowest BCUT2D eigenvalue weighted by atomic mass is 10.00. The molecule has 0 saturated carbocycles. The summed E-state index contributed by atoms with van der Waals surface area (Å²) in [5, 5.41) is 6.76. The monoisotopic (exact) mass is 476 g/mol. The molecule has 1 amide bonds. The van der Waals surface area contributed by atoms with Crippen molar-refractivity contribution >= 4 is 38.5 Å². The SMILES string of the molecule is Cc1nc2c(cnn2C(C)C)c(C)c1CCC(=O)N1CCN(Cc2nc3ccccc3s2)CC1. The van der Waals surface area contributed by atoms with E-state index in [2.05, 4.69) is 49.0 Å². The topological polar surface area (TPSA) is 67.2 Å². The largest absolute Gasteiger partial charge is 0.340 e. The number of benzene rings is 1. The van der Waals surface area contributed by atoms with Gasteiger partial charge < -0.3 is 4.90 Å². The maximum absolute atomic E-state index is 13.0. The zero-order chi connectivity index (χ0) is 23.8. The number of rotatable bonds is 6. The van der Waals surface area contributed by atoms with Crippen molar-refractivity contribution in [2.75, 3.05) is 26.2 Å². The van der Waals surface area contributed by atoms with E-state index in [1.807, 2.05) is 28.8 Å². The highest BCUT2D eigenvalue weighted by Gasteiger charge is 2.23. The van der Waals surface area contributed by atoms with Crippen LogP contribution < -0.4 is 0 Å². The Morgan fingerprint density at radius 2 is 1.85 bits per heavy atom. The number of carbonyl (C=O) groups excluding carboxylic acids is 1. The van der Waals surface area contributed by atoms with Crippen LogP contribution in [0.2, 0.25) is 0 Å². The molecule has 34 heavy (non-hydrogen) atoms. The van der Waals surface area contributed by atoms with Gasteiger partial charge in [0.05, 0.1) is 23.0 Å². The van der Waals surface area contributed by atoms with Crippen molar-refractivity contribution < 1.29 is 4.79 Å². The standard InChI is InChI=1S/C26H32N6OS/c1-17(2)32-26-21(15-27-32)18(3)20(19(4)28-26)9-10-25(33)31-13-11-30(12-14-31)16-24-29-22-7-5-6-8-23(22)34-24/h5-8,15,17H,9-14,16H2,1-4H3. The molecule has 1 fully saturated rings. The fourth-order valence-electron chi connectivity index (χ4n) is 4.86. The molecule has 0 unspecified atom stereocenters. The number of hydrogen-bond donors (Lipinski definition) is 0. The number of fused-ring (bicyclic) bond motifs is 2. The Bertz CT molecular complexity index is 1300. The van der Waals surface area contributed by atoms with Gasteiger partial charge in [0.25, 0.3) is 0 Å². The molecule has 0 atom stereocenters. The van der Waals surface area contributed by atoms with E-state index < -0.39 is 0 Å². The Balaban J connectivity index is 1.18. The third kappa shape index (κ3) is 4.44. The van der Waals surface area contributed by atoms with E-state index in [-0.39, 0.29) is 11.9 Å². The van der Waals surface area contributed by atoms with Crippen LogP contribution in [0.1, 0.15) is 48.1 Å².